The first-order valence-electron chi connectivity index (χ1n) is 6.82. The Bertz CT molecular complexity index is 795. The Balaban J connectivity index is 2.18. The average Bonchev–Trinajstić information content (AvgIpc) is 2.45. The van der Waals surface area contributed by atoms with Crippen LogP contribution >= 0.6 is 0 Å². The predicted octanol–water partition coefficient (Wildman–Crippen LogP) is 3.12. The van der Waals surface area contributed by atoms with Crippen LogP contribution in [0.2, 0.25) is 0 Å². The Hall–Kier alpha value is -2.57. The molecule has 0 spiro atoms. The molecule has 0 saturated heterocycles. The minimum atomic E-state index is -4.49. The smallest absolute Gasteiger partial charge is 0.325 e. The van der Waals surface area contributed by atoms with E-state index in [0.29, 0.717) is 5.56 Å². The highest BCUT2D eigenvalue weighted by atomic mass is 19.4. The first-order chi connectivity index (χ1) is 10.7. The standard InChI is InChI=1S/C16H15F3N2O2/c1-10-5-6-12(8-13(10)16(17,18)19)20-14(22)9-21-7-3-4-11(2)15(21)23/h3-8H,9H2,1-2H3,(H,20,22). The Morgan fingerprint density at radius 1 is 1.17 bits per heavy atom. The molecule has 1 aromatic carbocycles. The third-order valence-electron chi connectivity index (χ3n) is 3.35. The predicted molar refractivity (Wildman–Crippen MR) is 80.2 cm³/mol. The van der Waals surface area contributed by atoms with Gasteiger partial charge in [0.2, 0.25) is 5.91 Å². The van der Waals surface area contributed by atoms with E-state index in [1.807, 2.05) is 0 Å². The summed E-state index contributed by atoms with van der Waals surface area (Å²) in [5.74, 6) is -0.574. The molecule has 1 aromatic heterocycles. The van der Waals surface area contributed by atoms with E-state index in [4.69, 9.17) is 0 Å². The van der Waals surface area contributed by atoms with Gasteiger partial charge in [0.05, 0.1) is 5.56 Å². The van der Waals surface area contributed by atoms with Gasteiger partial charge in [-0.25, -0.2) is 0 Å². The molecule has 0 atom stereocenters. The van der Waals surface area contributed by atoms with Crippen LogP contribution in [0.15, 0.2) is 41.3 Å². The Kier molecular flexibility index (Phi) is 4.58. The van der Waals surface area contributed by atoms with E-state index in [1.54, 1.807) is 19.1 Å². The van der Waals surface area contributed by atoms with E-state index in [2.05, 4.69) is 5.32 Å². The zero-order valence-electron chi connectivity index (χ0n) is 12.6. The summed E-state index contributed by atoms with van der Waals surface area (Å²) in [7, 11) is 0. The molecule has 23 heavy (non-hydrogen) atoms. The molecule has 1 N–H and O–H groups in total. The third kappa shape index (κ3) is 4.00. The van der Waals surface area contributed by atoms with Crippen molar-refractivity contribution in [3.05, 3.63) is 63.6 Å². The van der Waals surface area contributed by atoms with Gasteiger partial charge in [0.1, 0.15) is 6.54 Å². The summed E-state index contributed by atoms with van der Waals surface area (Å²) in [4.78, 5) is 23.8. The molecule has 0 radical (unpaired) electrons. The van der Waals surface area contributed by atoms with Crippen LogP contribution in [0.5, 0.6) is 0 Å². The number of carbonyl (C=O) groups excluding carboxylic acids is 1. The third-order valence-corrected chi connectivity index (χ3v) is 3.35. The van der Waals surface area contributed by atoms with Gasteiger partial charge in [-0.3, -0.25) is 9.59 Å². The molecular weight excluding hydrogens is 309 g/mol. The number of aryl methyl sites for hydroxylation is 2. The highest BCUT2D eigenvalue weighted by Gasteiger charge is 2.32. The lowest BCUT2D eigenvalue weighted by Crippen LogP contribution is -2.28. The van der Waals surface area contributed by atoms with Crippen molar-refractivity contribution in [3.8, 4) is 0 Å². The Morgan fingerprint density at radius 3 is 2.52 bits per heavy atom. The Labute approximate surface area is 130 Å². The van der Waals surface area contributed by atoms with Gasteiger partial charge in [-0.15, -0.1) is 0 Å². The number of nitrogens with one attached hydrogen (secondary N) is 1. The van der Waals surface area contributed by atoms with Crippen molar-refractivity contribution in [2.45, 2.75) is 26.6 Å². The lowest BCUT2D eigenvalue weighted by atomic mass is 10.1. The molecule has 2 aromatic rings. The molecule has 0 aliphatic carbocycles. The van der Waals surface area contributed by atoms with Crippen molar-refractivity contribution >= 4 is 11.6 Å². The minimum Gasteiger partial charge on any atom is -0.325 e. The zero-order chi connectivity index (χ0) is 17.2. The van der Waals surface area contributed by atoms with Crippen LogP contribution in [0.3, 0.4) is 0 Å². The number of pyridine rings is 1. The second-order valence-corrected chi connectivity index (χ2v) is 5.20. The lowest BCUT2D eigenvalue weighted by Gasteiger charge is -2.13. The van der Waals surface area contributed by atoms with Gasteiger partial charge in [0.25, 0.3) is 5.56 Å². The number of hydrogen-bond donors (Lipinski definition) is 1. The lowest BCUT2D eigenvalue weighted by molar-refractivity contribution is -0.138. The van der Waals surface area contributed by atoms with Gasteiger partial charge in [-0.2, -0.15) is 13.2 Å². The zero-order valence-corrected chi connectivity index (χ0v) is 12.6. The molecule has 0 fully saturated rings. The quantitative estimate of drug-likeness (QED) is 0.943. The van der Waals surface area contributed by atoms with E-state index in [-0.39, 0.29) is 23.4 Å². The molecule has 7 heteroatoms. The average molecular weight is 324 g/mol. The number of nitrogens with zero attached hydrogens (tertiary/aromatic N) is 1. The highest BCUT2D eigenvalue weighted by molar-refractivity contribution is 5.90. The molecule has 0 aliphatic rings. The van der Waals surface area contributed by atoms with Crippen molar-refractivity contribution in [2.24, 2.45) is 0 Å². The molecule has 0 aliphatic heterocycles. The monoisotopic (exact) mass is 324 g/mol. The summed E-state index contributed by atoms with van der Waals surface area (Å²) in [5.41, 5.74) is -0.528. The SMILES string of the molecule is Cc1ccc(NC(=O)Cn2cccc(C)c2=O)cc1C(F)(F)F. The van der Waals surface area contributed by atoms with Crippen molar-refractivity contribution in [1.29, 1.82) is 0 Å². The summed E-state index contributed by atoms with van der Waals surface area (Å²) in [6.45, 7) is 2.70. The molecule has 0 unspecified atom stereocenters. The number of benzene rings is 1. The van der Waals surface area contributed by atoms with Crippen LogP contribution in [0, 0.1) is 13.8 Å². The topological polar surface area (TPSA) is 51.1 Å². The van der Waals surface area contributed by atoms with Gasteiger partial charge in [-0.05, 0) is 37.6 Å². The van der Waals surface area contributed by atoms with Crippen LogP contribution in [-0.4, -0.2) is 10.5 Å². The molecule has 0 saturated carbocycles. The summed E-state index contributed by atoms with van der Waals surface area (Å²) < 4.78 is 39.8. The summed E-state index contributed by atoms with van der Waals surface area (Å²) in [6.07, 6.45) is -3.04. The number of hydrogen-bond acceptors (Lipinski definition) is 2. The second kappa shape index (κ2) is 6.28. The van der Waals surface area contributed by atoms with Crippen LogP contribution < -0.4 is 10.9 Å². The van der Waals surface area contributed by atoms with Crippen LogP contribution in [0.4, 0.5) is 18.9 Å². The largest absolute Gasteiger partial charge is 0.416 e. The van der Waals surface area contributed by atoms with Crippen molar-refractivity contribution in [1.82, 2.24) is 4.57 Å². The van der Waals surface area contributed by atoms with E-state index in [1.165, 1.54) is 29.8 Å². The number of halogens is 3. The fraction of sp³-hybridized carbons (Fsp3) is 0.250. The molecule has 122 valence electrons. The van der Waals surface area contributed by atoms with Crippen molar-refractivity contribution < 1.29 is 18.0 Å². The van der Waals surface area contributed by atoms with Gasteiger partial charge in [0, 0.05) is 17.4 Å². The maximum Gasteiger partial charge on any atom is 0.416 e. The molecule has 4 nitrogen and oxygen atoms in total. The first-order valence-corrected chi connectivity index (χ1v) is 6.82. The number of anilines is 1. The molecule has 1 heterocycles. The van der Waals surface area contributed by atoms with Crippen LogP contribution in [-0.2, 0) is 17.5 Å². The van der Waals surface area contributed by atoms with E-state index >= 15 is 0 Å². The van der Waals surface area contributed by atoms with E-state index in [0.717, 1.165) is 6.07 Å². The Morgan fingerprint density at radius 2 is 1.87 bits per heavy atom. The molecule has 1 amide bonds. The highest BCUT2D eigenvalue weighted by Crippen LogP contribution is 2.33. The number of rotatable bonds is 3. The maximum atomic E-state index is 12.9. The normalized spacial score (nSPS) is 11.3. The van der Waals surface area contributed by atoms with Gasteiger partial charge >= 0.3 is 6.18 Å². The van der Waals surface area contributed by atoms with Crippen LogP contribution in [0.1, 0.15) is 16.7 Å². The van der Waals surface area contributed by atoms with Gasteiger partial charge in [0.15, 0.2) is 0 Å². The van der Waals surface area contributed by atoms with E-state index in [9.17, 15) is 22.8 Å². The fourth-order valence-electron chi connectivity index (χ4n) is 2.14. The van der Waals surface area contributed by atoms with Crippen molar-refractivity contribution in [2.75, 3.05) is 5.32 Å². The molecule has 0 bridgehead atoms. The van der Waals surface area contributed by atoms with Gasteiger partial charge in [-0.1, -0.05) is 12.1 Å². The number of amides is 1. The summed E-state index contributed by atoms with van der Waals surface area (Å²) >= 11 is 0. The summed E-state index contributed by atoms with van der Waals surface area (Å²) in [5, 5.41) is 2.38. The number of aromatic nitrogens is 1. The fourth-order valence-corrected chi connectivity index (χ4v) is 2.14. The minimum absolute atomic E-state index is 0.0358. The maximum absolute atomic E-state index is 12.9. The van der Waals surface area contributed by atoms with Gasteiger partial charge < -0.3 is 9.88 Å². The second-order valence-electron chi connectivity index (χ2n) is 5.20. The van der Waals surface area contributed by atoms with E-state index < -0.39 is 17.6 Å². The van der Waals surface area contributed by atoms with Crippen molar-refractivity contribution in [3.63, 3.8) is 0 Å². The molecular formula is C16H15F3N2O2. The summed E-state index contributed by atoms with van der Waals surface area (Å²) in [6, 6.07) is 6.80. The van der Waals surface area contributed by atoms with Crippen LogP contribution in [0.25, 0.3) is 0 Å². The first kappa shape index (κ1) is 16.8. The molecule has 2 rings (SSSR count). The number of alkyl halides is 3. The number of carbonyl (C=O) groups is 1.